The number of thiophene rings is 1. The van der Waals surface area contributed by atoms with E-state index in [9.17, 15) is 0 Å². The zero-order chi connectivity index (χ0) is 21.1. The van der Waals surface area contributed by atoms with Crippen molar-refractivity contribution in [2.75, 3.05) is 14.2 Å². The van der Waals surface area contributed by atoms with Crippen LogP contribution in [0.4, 0.5) is 0 Å². The number of rotatable bonds is 7. The molecule has 0 aliphatic carbocycles. The predicted molar refractivity (Wildman–Crippen MR) is 123 cm³/mol. The fourth-order valence-electron chi connectivity index (χ4n) is 3.13. The first kappa shape index (κ1) is 20.7. The highest BCUT2D eigenvalue weighted by atomic mass is 35.5. The van der Waals surface area contributed by atoms with Crippen LogP contribution in [0.15, 0.2) is 60.9 Å². The fraction of sp³-hybridized carbons (Fsp3) is 0.190. The maximum atomic E-state index is 6.06. The maximum Gasteiger partial charge on any atom is 0.204 e. The molecular weight excluding hydrogens is 438 g/mol. The summed E-state index contributed by atoms with van der Waals surface area (Å²) >= 11 is 13.5. The highest BCUT2D eigenvalue weighted by Gasteiger charge is 2.16. The Morgan fingerprint density at radius 2 is 1.83 bits per heavy atom. The monoisotopic (exact) mass is 457 g/mol. The minimum Gasteiger partial charge on any atom is -0.497 e. The number of aromatic nitrogens is 4. The highest BCUT2D eigenvalue weighted by molar-refractivity contribution is 7.71. The molecule has 0 aliphatic heterocycles. The molecule has 0 radical (unpaired) electrons. The molecule has 6 nitrogen and oxygen atoms in total. The van der Waals surface area contributed by atoms with E-state index in [4.69, 9.17) is 33.7 Å². The van der Waals surface area contributed by atoms with E-state index in [0.29, 0.717) is 11.4 Å². The molecule has 0 unspecified atom stereocenters. The van der Waals surface area contributed by atoms with Crippen LogP contribution in [0.3, 0.4) is 0 Å². The molecule has 30 heavy (non-hydrogen) atoms. The number of halogens is 1. The average molecular weight is 458 g/mol. The Kier molecular flexibility index (Phi) is 6.29. The summed E-state index contributed by atoms with van der Waals surface area (Å²) in [5.74, 6) is 1.55. The third-order valence-corrected chi connectivity index (χ3v) is 6.15. The molecule has 0 saturated carbocycles. The van der Waals surface area contributed by atoms with E-state index in [1.807, 2.05) is 64.8 Å². The molecule has 0 bridgehead atoms. The molecule has 154 valence electrons. The molecule has 4 rings (SSSR count). The lowest BCUT2D eigenvalue weighted by Crippen LogP contribution is -2.22. The van der Waals surface area contributed by atoms with Gasteiger partial charge in [0.05, 0.1) is 23.8 Å². The summed E-state index contributed by atoms with van der Waals surface area (Å²) in [7, 11) is 3.69. The van der Waals surface area contributed by atoms with Crippen LogP contribution >= 0.6 is 35.2 Å². The molecule has 0 amide bonds. The Labute approximate surface area is 188 Å². The van der Waals surface area contributed by atoms with Gasteiger partial charge in [0.25, 0.3) is 0 Å². The first-order chi connectivity index (χ1) is 14.5. The second-order valence-corrected chi connectivity index (χ2v) is 8.90. The quantitative estimate of drug-likeness (QED) is 0.353. The zero-order valence-electron chi connectivity index (χ0n) is 16.5. The third kappa shape index (κ3) is 4.46. The fourth-order valence-corrected chi connectivity index (χ4v) is 4.59. The number of nitrogens with zero attached hydrogens (tertiary/aromatic N) is 5. The standard InChI is InChI=1S/C21H20ClN5OS2/c1-25(13-18-7-8-19(22)30-18)14-26-21(29)27(16-3-5-17(28-2)6-4-16)20(24-26)15-9-11-23-12-10-15/h3-12H,13-14H2,1-2H3. The van der Waals surface area contributed by atoms with Gasteiger partial charge in [-0.3, -0.25) is 14.5 Å². The Balaban J connectivity index is 1.71. The van der Waals surface area contributed by atoms with E-state index in [1.165, 1.54) is 4.88 Å². The van der Waals surface area contributed by atoms with Gasteiger partial charge in [0.1, 0.15) is 5.75 Å². The van der Waals surface area contributed by atoms with Gasteiger partial charge in [-0.1, -0.05) is 11.6 Å². The third-order valence-electron chi connectivity index (χ3n) is 4.54. The number of ether oxygens (including phenoxy) is 1. The number of methoxy groups -OCH3 is 1. The SMILES string of the molecule is COc1ccc(-n2c(-c3ccncc3)nn(CN(C)Cc3ccc(Cl)s3)c2=S)cc1. The number of hydrogen-bond donors (Lipinski definition) is 0. The summed E-state index contributed by atoms with van der Waals surface area (Å²) in [6, 6.07) is 15.6. The van der Waals surface area contributed by atoms with Gasteiger partial charge in [-0.05, 0) is 67.8 Å². The number of pyridine rings is 1. The molecular formula is C21H20ClN5OS2. The topological polar surface area (TPSA) is 48.1 Å². The predicted octanol–water partition coefficient (Wildman–Crippen LogP) is 5.28. The molecule has 3 aromatic heterocycles. The highest BCUT2D eigenvalue weighted by Crippen LogP contribution is 2.25. The van der Waals surface area contributed by atoms with E-state index in [1.54, 1.807) is 30.8 Å². The first-order valence-corrected chi connectivity index (χ1v) is 10.8. The van der Waals surface area contributed by atoms with Crippen molar-refractivity contribution in [2.45, 2.75) is 13.2 Å². The molecule has 3 heterocycles. The van der Waals surface area contributed by atoms with E-state index < -0.39 is 0 Å². The second-order valence-electron chi connectivity index (χ2n) is 6.74. The lowest BCUT2D eigenvalue weighted by molar-refractivity contribution is 0.246. The van der Waals surface area contributed by atoms with Crippen LogP contribution in [0.25, 0.3) is 17.1 Å². The molecule has 0 N–H and O–H groups in total. The van der Waals surface area contributed by atoms with Gasteiger partial charge in [-0.2, -0.15) is 0 Å². The van der Waals surface area contributed by atoms with Crippen LogP contribution in [-0.2, 0) is 13.2 Å². The Morgan fingerprint density at radius 3 is 2.47 bits per heavy atom. The molecule has 0 saturated heterocycles. The minimum atomic E-state index is 0.551. The summed E-state index contributed by atoms with van der Waals surface area (Å²) in [4.78, 5) is 7.46. The van der Waals surface area contributed by atoms with E-state index >= 15 is 0 Å². The van der Waals surface area contributed by atoms with Crippen molar-refractivity contribution in [3.05, 3.63) is 74.9 Å². The van der Waals surface area contributed by atoms with Crippen LogP contribution in [0.5, 0.6) is 5.75 Å². The molecule has 9 heteroatoms. The van der Waals surface area contributed by atoms with Crippen LogP contribution in [0, 0.1) is 4.77 Å². The summed E-state index contributed by atoms with van der Waals surface area (Å²) in [6.07, 6.45) is 3.50. The largest absolute Gasteiger partial charge is 0.497 e. The summed E-state index contributed by atoms with van der Waals surface area (Å²) in [5.41, 5.74) is 1.87. The summed E-state index contributed by atoms with van der Waals surface area (Å²) in [5, 5.41) is 4.84. The van der Waals surface area contributed by atoms with E-state index in [-0.39, 0.29) is 0 Å². The summed E-state index contributed by atoms with van der Waals surface area (Å²) < 4.78 is 10.5. The number of benzene rings is 1. The van der Waals surface area contributed by atoms with Gasteiger partial charge in [-0.15, -0.1) is 16.4 Å². The molecule has 0 aliphatic rings. The van der Waals surface area contributed by atoms with Crippen LogP contribution in [0.2, 0.25) is 4.34 Å². The zero-order valence-corrected chi connectivity index (χ0v) is 18.9. The Bertz CT molecular complexity index is 1180. The van der Waals surface area contributed by atoms with E-state index in [0.717, 1.165) is 33.7 Å². The van der Waals surface area contributed by atoms with Gasteiger partial charge in [0.15, 0.2) is 5.82 Å². The normalized spacial score (nSPS) is 11.2. The molecule has 1 aromatic carbocycles. The van der Waals surface area contributed by atoms with Gasteiger partial charge >= 0.3 is 0 Å². The summed E-state index contributed by atoms with van der Waals surface area (Å²) in [6.45, 7) is 1.31. The molecule has 0 spiro atoms. The van der Waals surface area contributed by atoms with Gasteiger partial charge < -0.3 is 4.74 Å². The lowest BCUT2D eigenvalue weighted by atomic mass is 10.2. The number of hydrogen-bond acceptors (Lipinski definition) is 6. The van der Waals surface area contributed by atoms with Crippen LogP contribution in [0.1, 0.15) is 4.88 Å². The maximum absolute atomic E-state index is 6.06. The van der Waals surface area contributed by atoms with Gasteiger partial charge in [0, 0.05) is 29.4 Å². The van der Waals surface area contributed by atoms with Crippen molar-refractivity contribution >= 4 is 35.2 Å². The second kappa shape index (κ2) is 9.09. The molecule has 4 aromatic rings. The van der Waals surface area contributed by atoms with Crippen LogP contribution < -0.4 is 4.74 Å². The molecule has 0 fully saturated rings. The Hall–Kier alpha value is -2.52. The minimum absolute atomic E-state index is 0.551. The van der Waals surface area contributed by atoms with E-state index in [2.05, 4.69) is 9.88 Å². The van der Waals surface area contributed by atoms with Crippen molar-refractivity contribution in [2.24, 2.45) is 0 Å². The van der Waals surface area contributed by atoms with Crippen molar-refractivity contribution in [1.29, 1.82) is 0 Å². The van der Waals surface area contributed by atoms with Gasteiger partial charge in [-0.25, -0.2) is 4.68 Å². The van der Waals surface area contributed by atoms with Crippen molar-refractivity contribution < 1.29 is 4.74 Å². The lowest BCUT2D eigenvalue weighted by Gasteiger charge is -2.15. The van der Waals surface area contributed by atoms with Crippen molar-refractivity contribution in [3.63, 3.8) is 0 Å². The molecule has 0 atom stereocenters. The van der Waals surface area contributed by atoms with Crippen molar-refractivity contribution in [1.82, 2.24) is 24.2 Å². The Morgan fingerprint density at radius 1 is 1.10 bits per heavy atom. The smallest absolute Gasteiger partial charge is 0.204 e. The van der Waals surface area contributed by atoms with Gasteiger partial charge in [0.2, 0.25) is 4.77 Å². The van der Waals surface area contributed by atoms with Crippen LogP contribution in [-0.4, -0.2) is 38.4 Å². The average Bonchev–Trinajstić information content (AvgIpc) is 3.31. The van der Waals surface area contributed by atoms with Crippen molar-refractivity contribution in [3.8, 4) is 22.8 Å². The first-order valence-electron chi connectivity index (χ1n) is 9.22.